The molecule has 0 aliphatic carbocycles. The van der Waals surface area contributed by atoms with E-state index in [0.29, 0.717) is 19.6 Å². The molecule has 106 valence electrons. The highest BCUT2D eigenvalue weighted by atomic mass is 16.6. The predicted molar refractivity (Wildman–Crippen MR) is 70.0 cm³/mol. The topological polar surface area (TPSA) is 52.6 Å². The molecule has 0 atom stereocenters. The summed E-state index contributed by atoms with van der Waals surface area (Å²) < 4.78 is 10.2. The van der Waals surface area contributed by atoms with Crippen molar-refractivity contribution in [1.82, 2.24) is 0 Å². The van der Waals surface area contributed by atoms with Gasteiger partial charge in [-0.15, -0.1) is 0 Å². The van der Waals surface area contributed by atoms with E-state index in [1.807, 2.05) is 34.6 Å². The van der Waals surface area contributed by atoms with Crippen LogP contribution >= 0.6 is 0 Å². The highest BCUT2D eigenvalue weighted by Gasteiger charge is 2.29. The normalized spacial score (nSPS) is 11.1. The van der Waals surface area contributed by atoms with Crippen molar-refractivity contribution >= 4 is 11.9 Å². The van der Waals surface area contributed by atoms with Crippen molar-refractivity contribution in [2.45, 2.75) is 47.5 Å². The molecule has 0 amide bonds. The lowest BCUT2D eigenvalue weighted by molar-refractivity contribution is -0.163. The molecule has 0 rings (SSSR count). The molecule has 0 radical (unpaired) electrons. The minimum atomic E-state index is -0.771. The maximum atomic E-state index is 11.8. The van der Waals surface area contributed by atoms with Gasteiger partial charge in [-0.3, -0.25) is 9.59 Å². The van der Waals surface area contributed by atoms with Gasteiger partial charge < -0.3 is 9.47 Å². The fourth-order valence-electron chi connectivity index (χ4n) is 1.32. The van der Waals surface area contributed by atoms with Crippen molar-refractivity contribution < 1.29 is 19.1 Å². The summed E-state index contributed by atoms with van der Waals surface area (Å²) in [6.45, 7) is 10.4. The third-order valence-electron chi connectivity index (χ3n) is 2.26. The number of ether oxygens (including phenoxy) is 2. The number of hydrogen-bond acceptors (Lipinski definition) is 4. The van der Waals surface area contributed by atoms with Gasteiger partial charge in [-0.05, 0) is 18.3 Å². The molecular weight excluding hydrogens is 232 g/mol. The molecule has 4 heteroatoms. The van der Waals surface area contributed by atoms with E-state index in [2.05, 4.69) is 0 Å². The van der Waals surface area contributed by atoms with E-state index < -0.39 is 17.9 Å². The molecule has 0 aromatic carbocycles. The molecular formula is C14H26O4. The van der Waals surface area contributed by atoms with Gasteiger partial charge in [0.05, 0.1) is 13.2 Å². The zero-order valence-corrected chi connectivity index (χ0v) is 12.2. The number of esters is 2. The van der Waals surface area contributed by atoms with Crippen molar-refractivity contribution in [3.63, 3.8) is 0 Å². The van der Waals surface area contributed by atoms with Crippen molar-refractivity contribution in [3.8, 4) is 0 Å². The summed E-state index contributed by atoms with van der Waals surface area (Å²) in [5, 5.41) is 0. The van der Waals surface area contributed by atoms with E-state index in [1.54, 1.807) is 0 Å². The van der Waals surface area contributed by atoms with Gasteiger partial charge in [0.2, 0.25) is 0 Å². The molecule has 0 N–H and O–H groups in total. The second-order valence-corrected chi connectivity index (χ2v) is 5.39. The summed E-state index contributed by atoms with van der Waals surface area (Å²) in [7, 11) is 0. The molecule has 0 saturated heterocycles. The largest absolute Gasteiger partial charge is 0.465 e. The molecule has 0 aliphatic rings. The molecule has 18 heavy (non-hydrogen) atoms. The summed E-state index contributed by atoms with van der Waals surface area (Å²) in [4.78, 5) is 23.6. The molecule has 0 aromatic rings. The van der Waals surface area contributed by atoms with Crippen LogP contribution in [0.1, 0.15) is 47.5 Å². The van der Waals surface area contributed by atoms with Crippen LogP contribution in [0.3, 0.4) is 0 Å². The maximum Gasteiger partial charge on any atom is 0.320 e. The van der Waals surface area contributed by atoms with Crippen LogP contribution in [-0.4, -0.2) is 25.2 Å². The van der Waals surface area contributed by atoms with Crippen molar-refractivity contribution in [2.24, 2.45) is 17.8 Å². The average Bonchev–Trinajstić information content (AvgIpc) is 2.29. The second-order valence-electron chi connectivity index (χ2n) is 5.39. The average molecular weight is 258 g/mol. The van der Waals surface area contributed by atoms with Crippen LogP contribution in [0.5, 0.6) is 0 Å². The minimum Gasteiger partial charge on any atom is -0.465 e. The predicted octanol–water partition coefficient (Wildman–Crippen LogP) is 2.80. The molecule has 0 aliphatic heterocycles. The first-order chi connectivity index (χ1) is 8.38. The van der Waals surface area contributed by atoms with Crippen LogP contribution in [0, 0.1) is 17.8 Å². The molecule has 0 aromatic heterocycles. The third kappa shape index (κ3) is 7.30. The molecule has 0 fully saturated rings. The Bertz CT molecular complexity index is 235. The van der Waals surface area contributed by atoms with Gasteiger partial charge in [-0.2, -0.15) is 0 Å². The molecule has 0 spiro atoms. The maximum absolute atomic E-state index is 11.8. The van der Waals surface area contributed by atoms with Crippen LogP contribution in [0.2, 0.25) is 0 Å². The SMILES string of the molecule is CCCC(C(=O)OCC(C)C)C(=O)OCC(C)C. The summed E-state index contributed by atoms with van der Waals surface area (Å²) in [5.74, 6) is -1.16. The van der Waals surface area contributed by atoms with E-state index in [0.717, 1.165) is 6.42 Å². The fraction of sp³-hybridized carbons (Fsp3) is 0.857. The lowest BCUT2D eigenvalue weighted by Gasteiger charge is -2.16. The Hall–Kier alpha value is -1.06. The Kier molecular flexibility index (Phi) is 8.42. The number of hydrogen-bond donors (Lipinski definition) is 0. The summed E-state index contributed by atoms with van der Waals surface area (Å²) >= 11 is 0. The molecule has 0 heterocycles. The molecule has 0 saturated carbocycles. The van der Waals surface area contributed by atoms with Gasteiger partial charge in [-0.25, -0.2) is 0 Å². The van der Waals surface area contributed by atoms with Crippen molar-refractivity contribution in [2.75, 3.05) is 13.2 Å². The van der Waals surface area contributed by atoms with Crippen LogP contribution in [-0.2, 0) is 19.1 Å². The number of rotatable bonds is 8. The van der Waals surface area contributed by atoms with E-state index in [1.165, 1.54) is 0 Å². The van der Waals surface area contributed by atoms with Crippen LogP contribution in [0.25, 0.3) is 0 Å². The van der Waals surface area contributed by atoms with Crippen molar-refractivity contribution in [1.29, 1.82) is 0 Å². The standard InChI is InChI=1S/C14H26O4/c1-6-7-12(13(15)17-8-10(2)3)14(16)18-9-11(4)5/h10-12H,6-9H2,1-5H3. The van der Waals surface area contributed by atoms with Crippen LogP contribution < -0.4 is 0 Å². The van der Waals surface area contributed by atoms with Gasteiger partial charge in [0, 0.05) is 0 Å². The Balaban J connectivity index is 4.34. The van der Waals surface area contributed by atoms with Gasteiger partial charge in [0.25, 0.3) is 0 Å². The summed E-state index contributed by atoms with van der Waals surface area (Å²) in [6.07, 6.45) is 1.23. The fourth-order valence-corrected chi connectivity index (χ4v) is 1.32. The van der Waals surface area contributed by atoms with Crippen LogP contribution in [0.4, 0.5) is 0 Å². The van der Waals surface area contributed by atoms with Gasteiger partial charge in [0.15, 0.2) is 5.92 Å². The number of carbonyl (C=O) groups excluding carboxylic acids is 2. The Morgan fingerprint density at radius 3 is 1.56 bits per heavy atom. The smallest absolute Gasteiger partial charge is 0.320 e. The second kappa shape index (κ2) is 8.95. The zero-order chi connectivity index (χ0) is 14.1. The Morgan fingerprint density at radius 1 is 0.889 bits per heavy atom. The minimum absolute atomic E-state index is 0.267. The van der Waals surface area contributed by atoms with E-state index in [9.17, 15) is 9.59 Å². The quantitative estimate of drug-likeness (QED) is 0.496. The van der Waals surface area contributed by atoms with E-state index >= 15 is 0 Å². The molecule has 0 bridgehead atoms. The van der Waals surface area contributed by atoms with Crippen molar-refractivity contribution in [3.05, 3.63) is 0 Å². The first-order valence-corrected chi connectivity index (χ1v) is 6.71. The third-order valence-corrected chi connectivity index (χ3v) is 2.26. The van der Waals surface area contributed by atoms with E-state index in [4.69, 9.17) is 9.47 Å². The van der Waals surface area contributed by atoms with Gasteiger partial charge in [0.1, 0.15) is 0 Å². The summed E-state index contributed by atoms with van der Waals surface area (Å²) in [5.41, 5.74) is 0. The molecule has 4 nitrogen and oxygen atoms in total. The van der Waals surface area contributed by atoms with Crippen LogP contribution in [0.15, 0.2) is 0 Å². The number of carbonyl (C=O) groups is 2. The lowest BCUT2D eigenvalue weighted by atomic mass is 10.0. The first kappa shape index (κ1) is 16.9. The summed E-state index contributed by atoms with van der Waals surface area (Å²) in [6, 6.07) is 0. The van der Waals surface area contributed by atoms with E-state index in [-0.39, 0.29) is 11.8 Å². The Labute approximate surface area is 110 Å². The monoisotopic (exact) mass is 258 g/mol. The highest BCUT2D eigenvalue weighted by Crippen LogP contribution is 2.12. The highest BCUT2D eigenvalue weighted by molar-refractivity contribution is 5.94. The van der Waals surface area contributed by atoms with Gasteiger partial charge >= 0.3 is 11.9 Å². The zero-order valence-electron chi connectivity index (χ0n) is 12.2. The Morgan fingerprint density at radius 2 is 1.28 bits per heavy atom. The molecule has 0 unspecified atom stereocenters. The lowest BCUT2D eigenvalue weighted by Crippen LogP contribution is -2.29. The van der Waals surface area contributed by atoms with Gasteiger partial charge in [-0.1, -0.05) is 41.0 Å². The first-order valence-electron chi connectivity index (χ1n) is 6.71.